The van der Waals surface area contributed by atoms with Gasteiger partial charge in [0.1, 0.15) is 11.6 Å². The zero-order valence-corrected chi connectivity index (χ0v) is 13.9. The van der Waals surface area contributed by atoms with Gasteiger partial charge in [-0.2, -0.15) is 5.10 Å². The van der Waals surface area contributed by atoms with Crippen LogP contribution in [0.15, 0.2) is 6.20 Å². The minimum Gasteiger partial charge on any atom is -0.369 e. The molecule has 0 saturated carbocycles. The van der Waals surface area contributed by atoms with Gasteiger partial charge in [-0.25, -0.2) is 18.4 Å². The van der Waals surface area contributed by atoms with E-state index in [9.17, 15) is 8.42 Å². The van der Waals surface area contributed by atoms with E-state index in [0.29, 0.717) is 18.7 Å². The second-order valence-electron chi connectivity index (χ2n) is 6.24. The Morgan fingerprint density at radius 1 is 1.41 bits per heavy atom. The Balaban J connectivity index is 1.86. The number of aryl methyl sites for hydroxylation is 1. The molecule has 3 heterocycles. The first-order valence-electron chi connectivity index (χ1n) is 7.49. The summed E-state index contributed by atoms with van der Waals surface area (Å²) in [5.74, 6) is 2.42. The number of fused-ring (bicyclic) bond motifs is 1. The van der Waals surface area contributed by atoms with Gasteiger partial charge < -0.3 is 5.32 Å². The molecule has 1 aliphatic heterocycles. The van der Waals surface area contributed by atoms with Crippen molar-refractivity contribution in [3.63, 3.8) is 0 Å². The van der Waals surface area contributed by atoms with Gasteiger partial charge in [-0.15, -0.1) is 0 Å². The number of anilines is 1. The van der Waals surface area contributed by atoms with Crippen molar-refractivity contribution in [2.24, 2.45) is 13.0 Å². The molecule has 22 heavy (non-hydrogen) atoms. The summed E-state index contributed by atoms with van der Waals surface area (Å²) in [5, 5.41) is 8.41. The molecule has 1 unspecified atom stereocenters. The fourth-order valence-corrected chi connectivity index (χ4v) is 4.57. The van der Waals surface area contributed by atoms with Crippen LogP contribution in [0, 0.1) is 5.92 Å². The van der Waals surface area contributed by atoms with E-state index in [2.05, 4.69) is 20.4 Å². The molecule has 1 fully saturated rings. The van der Waals surface area contributed by atoms with Crippen molar-refractivity contribution in [1.82, 2.24) is 19.7 Å². The fraction of sp³-hybridized carbons (Fsp3) is 0.643. The molecule has 1 N–H and O–H groups in total. The van der Waals surface area contributed by atoms with Gasteiger partial charge in [-0.1, -0.05) is 13.8 Å². The van der Waals surface area contributed by atoms with Gasteiger partial charge in [-0.05, 0) is 12.3 Å². The van der Waals surface area contributed by atoms with E-state index < -0.39 is 9.84 Å². The molecule has 8 heteroatoms. The highest BCUT2D eigenvalue weighted by molar-refractivity contribution is 7.91. The van der Waals surface area contributed by atoms with E-state index in [1.54, 1.807) is 10.9 Å². The minimum atomic E-state index is -2.85. The Morgan fingerprint density at radius 3 is 2.82 bits per heavy atom. The molecule has 3 rings (SSSR count). The van der Waals surface area contributed by atoms with Crippen molar-refractivity contribution < 1.29 is 8.42 Å². The van der Waals surface area contributed by atoms with Gasteiger partial charge in [0.05, 0.1) is 23.1 Å². The third-order valence-corrected chi connectivity index (χ3v) is 5.85. The molecule has 1 atom stereocenters. The molecule has 0 spiro atoms. The largest absolute Gasteiger partial charge is 0.369 e. The molecule has 0 bridgehead atoms. The van der Waals surface area contributed by atoms with Crippen LogP contribution in [-0.2, 0) is 16.9 Å². The zero-order chi connectivity index (χ0) is 15.9. The van der Waals surface area contributed by atoms with E-state index in [4.69, 9.17) is 0 Å². The SMILES string of the molecule is CC(C)c1nc(NCC2CCS(=O)(=O)C2)c2cnn(C)c2n1. The average molecular weight is 323 g/mol. The average Bonchev–Trinajstić information content (AvgIpc) is 2.99. The van der Waals surface area contributed by atoms with Gasteiger partial charge in [0, 0.05) is 19.5 Å². The maximum atomic E-state index is 11.5. The van der Waals surface area contributed by atoms with Crippen LogP contribution in [0.25, 0.3) is 11.0 Å². The highest BCUT2D eigenvalue weighted by atomic mass is 32.2. The number of hydrogen-bond acceptors (Lipinski definition) is 6. The Hall–Kier alpha value is -1.70. The molecule has 1 aliphatic rings. The summed E-state index contributed by atoms with van der Waals surface area (Å²) in [7, 11) is -0.995. The summed E-state index contributed by atoms with van der Waals surface area (Å²) >= 11 is 0. The summed E-state index contributed by atoms with van der Waals surface area (Å²) in [6.07, 6.45) is 2.46. The van der Waals surface area contributed by atoms with Crippen LogP contribution in [0.5, 0.6) is 0 Å². The maximum absolute atomic E-state index is 11.5. The molecular weight excluding hydrogens is 302 g/mol. The van der Waals surface area contributed by atoms with E-state index in [-0.39, 0.29) is 17.6 Å². The topological polar surface area (TPSA) is 89.8 Å². The summed E-state index contributed by atoms with van der Waals surface area (Å²) in [5.41, 5.74) is 0.792. The van der Waals surface area contributed by atoms with Gasteiger partial charge in [0.15, 0.2) is 15.5 Å². The molecule has 1 saturated heterocycles. The summed E-state index contributed by atoms with van der Waals surface area (Å²) in [4.78, 5) is 9.14. The number of hydrogen-bond donors (Lipinski definition) is 1. The molecule has 7 nitrogen and oxygen atoms in total. The van der Waals surface area contributed by atoms with Gasteiger partial charge >= 0.3 is 0 Å². The number of nitrogens with one attached hydrogen (secondary N) is 1. The number of nitrogens with zero attached hydrogens (tertiary/aromatic N) is 4. The Labute approximate surface area is 130 Å². The molecule has 2 aromatic heterocycles. The van der Waals surface area contributed by atoms with Crippen molar-refractivity contribution in [3.05, 3.63) is 12.0 Å². The Morgan fingerprint density at radius 2 is 2.18 bits per heavy atom. The first kappa shape index (κ1) is 15.2. The summed E-state index contributed by atoms with van der Waals surface area (Å²) in [6.45, 7) is 4.70. The minimum absolute atomic E-state index is 0.147. The standard InChI is InChI=1S/C14H21N5O2S/c1-9(2)12-17-13(11-7-16-19(3)14(11)18-12)15-6-10-4-5-22(20,21)8-10/h7,9-10H,4-6,8H2,1-3H3,(H,15,17,18). The van der Waals surface area contributed by atoms with Gasteiger partial charge in [0.2, 0.25) is 0 Å². The molecule has 0 aromatic carbocycles. The van der Waals surface area contributed by atoms with E-state index in [1.165, 1.54) is 0 Å². The lowest BCUT2D eigenvalue weighted by Crippen LogP contribution is -2.17. The lowest BCUT2D eigenvalue weighted by molar-refractivity contribution is 0.595. The van der Waals surface area contributed by atoms with Gasteiger partial charge in [-0.3, -0.25) is 4.68 Å². The predicted octanol–water partition coefficient (Wildman–Crippen LogP) is 1.33. The number of aromatic nitrogens is 4. The third kappa shape index (κ3) is 2.92. The fourth-order valence-electron chi connectivity index (χ4n) is 2.71. The summed E-state index contributed by atoms with van der Waals surface area (Å²) < 4.78 is 24.8. The first-order valence-corrected chi connectivity index (χ1v) is 9.32. The van der Waals surface area contributed by atoms with Crippen molar-refractivity contribution in [2.75, 3.05) is 23.4 Å². The van der Waals surface area contributed by atoms with Crippen molar-refractivity contribution in [1.29, 1.82) is 0 Å². The highest BCUT2D eigenvalue weighted by Crippen LogP contribution is 2.24. The summed E-state index contributed by atoms with van der Waals surface area (Å²) in [6, 6.07) is 0. The van der Waals surface area contributed by atoms with Crippen LogP contribution < -0.4 is 5.32 Å². The van der Waals surface area contributed by atoms with Crippen LogP contribution in [0.4, 0.5) is 5.82 Å². The van der Waals surface area contributed by atoms with Crippen molar-refractivity contribution >= 4 is 26.7 Å². The molecule has 0 aliphatic carbocycles. The molecule has 0 radical (unpaired) electrons. The van der Waals surface area contributed by atoms with Crippen molar-refractivity contribution in [3.8, 4) is 0 Å². The van der Waals surface area contributed by atoms with Gasteiger partial charge in [0.25, 0.3) is 0 Å². The first-order chi connectivity index (χ1) is 10.4. The van der Waals surface area contributed by atoms with Crippen LogP contribution in [0.2, 0.25) is 0 Å². The van der Waals surface area contributed by atoms with E-state index in [0.717, 1.165) is 22.7 Å². The zero-order valence-electron chi connectivity index (χ0n) is 13.1. The van der Waals surface area contributed by atoms with Crippen LogP contribution in [0.1, 0.15) is 32.0 Å². The monoisotopic (exact) mass is 323 g/mol. The number of rotatable bonds is 4. The molecule has 2 aromatic rings. The lowest BCUT2D eigenvalue weighted by Gasteiger charge is -2.13. The van der Waals surface area contributed by atoms with E-state index in [1.807, 2.05) is 20.9 Å². The third-order valence-electron chi connectivity index (χ3n) is 4.01. The molecule has 120 valence electrons. The maximum Gasteiger partial charge on any atom is 0.163 e. The second kappa shape index (κ2) is 5.49. The van der Waals surface area contributed by atoms with E-state index >= 15 is 0 Å². The predicted molar refractivity (Wildman–Crippen MR) is 85.6 cm³/mol. The van der Waals surface area contributed by atoms with Crippen LogP contribution >= 0.6 is 0 Å². The Bertz CT molecular complexity index is 797. The Kier molecular flexibility index (Phi) is 3.80. The second-order valence-corrected chi connectivity index (χ2v) is 8.47. The normalized spacial score (nSPS) is 20.8. The smallest absolute Gasteiger partial charge is 0.163 e. The van der Waals surface area contributed by atoms with Crippen LogP contribution in [0.3, 0.4) is 0 Å². The quantitative estimate of drug-likeness (QED) is 0.913. The molecular formula is C14H21N5O2S. The highest BCUT2D eigenvalue weighted by Gasteiger charge is 2.27. The van der Waals surface area contributed by atoms with Crippen molar-refractivity contribution in [2.45, 2.75) is 26.2 Å². The van der Waals surface area contributed by atoms with Crippen LogP contribution in [-0.4, -0.2) is 46.2 Å². The molecule has 0 amide bonds. The lowest BCUT2D eigenvalue weighted by atomic mass is 10.1. The number of sulfone groups is 1.